The Morgan fingerprint density at radius 2 is 2.00 bits per heavy atom. The Labute approximate surface area is 142 Å². The number of nitrogens with one attached hydrogen (secondary N) is 2. The van der Waals surface area contributed by atoms with Crippen LogP contribution in [0.2, 0.25) is 0 Å². The van der Waals surface area contributed by atoms with Gasteiger partial charge in [0, 0.05) is 18.0 Å². The zero-order valence-electron chi connectivity index (χ0n) is 13.0. The lowest BCUT2D eigenvalue weighted by atomic mass is 9.99. The molecule has 0 spiro atoms. The molecule has 0 fully saturated rings. The molecule has 1 heterocycles. The number of carbonyl (C=O) groups excluding carboxylic acids is 1. The average molecular weight is 370 g/mol. The first-order chi connectivity index (χ1) is 9.77. The van der Waals surface area contributed by atoms with E-state index in [1.54, 1.807) is 12.1 Å². The second-order valence-electron chi connectivity index (χ2n) is 4.97. The van der Waals surface area contributed by atoms with E-state index < -0.39 is 16.1 Å². The van der Waals surface area contributed by atoms with Crippen LogP contribution in [0.1, 0.15) is 25.1 Å². The molecule has 9 heteroatoms. The van der Waals surface area contributed by atoms with Gasteiger partial charge in [0.1, 0.15) is 4.21 Å². The first-order valence-electron chi connectivity index (χ1n) is 6.87. The average Bonchev–Trinajstić information content (AvgIpc) is 2.89. The third kappa shape index (κ3) is 6.21. The number of aryl methyl sites for hydroxylation is 1. The summed E-state index contributed by atoms with van der Waals surface area (Å²) in [4.78, 5) is 12.7. The van der Waals surface area contributed by atoms with Crippen molar-refractivity contribution in [3.8, 4) is 0 Å². The van der Waals surface area contributed by atoms with Gasteiger partial charge in [-0.05, 0) is 25.0 Å². The highest BCUT2D eigenvalue weighted by molar-refractivity contribution is 7.91. The number of sulfonamides is 1. The molecule has 0 radical (unpaired) electrons. The van der Waals surface area contributed by atoms with E-state index in [1.807, 2.05) is 20.8 Å². The molecule has 0 aromatic carbocycles. The normalized spacial score (nSPS) is 14.0. The molecule has 1 rings (SSSR count). The van der Waals surface area contributed by atoms with Crippen LogP contribution in [-0.4, -0.2) is 33.5 Å². The fourth-order valence-electron chi connectivity index (χ4n) is 1.63. The molecule has 1 aromatic heterocycles. The number of hydrogen-bond acceptors (Lipinski definition) is 5. The first-order valence-corrected chi connectivity index (χ1v) is 9.17. The van der Waals surface area contributed by atoms with Crippen LogP contribution in [0.25, 0.3) is 0 Å². The molecule has 0 saturated carbocycles. The van der Waals surface area contributed by atoms with Crippen molar-refractivity contribution in [2.45, 2.75) is 37.4 Å². The Bertz CT molecular complexity index is 575. The summed E-state index contributed by atoms with van der Waals surface area (Å²) in [5.74, 6) is -0.161. The molecule has 0 saturated heterocycles. The minimum Gasteiger partial charge on any atom is -0.353 e. The van der Waals surface area contributed by atoms with Gasteiger partial charge in [-0.2, -0.15) is 0 Å². The molecule has 2 atom stereocenters. The van der Waals surface area contributed by atoms with E-state index in [0.29, 0.717) is 0 Å². The molecule has 0 aliphatic carbocycles. The maximum Gasteiger partial charge on any atom is 0.250 e. The van der Waals surface area contributed by atoms with Crippen LogP contribution in [0.5, 0.6) is 0 Å². The van der Waals surface area contributed by atoms with Crippen LogP contribution in [0.15, 0.2) is 16.3 Å². The van der Waals surface area contributed by atoms with Gasteiger partial charge in [-0.25, -0.2) is 13.1 Å². The summed E-state index contributed by atoms with van der Waals surface area (Å²) in [5.41, 5.74) is 5.78. The summed E-state index contributed by atoms with van der Waals surface area (Å²) in [5, 5.41) is 2.64. The van der Waals surface area contributed by atoms with Crippen LogP contribution in [0.3, 0.4) is 0 Å². The SMILES string of the molecule is CCC(C)C(N)C(=O)NCCNS(=O)(=O)c1ccc(C)s1.Cl. The molecule has 0 bridgehead atoms. The fourth-order valence-corrected chi connectivity index (χ4v) is 3.99. The highest BCUT2D eigenvalue weighted by atomic mass is 35.5. The summed E-state index contributed by atoms with van der Waals surface area (Å²) < 4.78 is 26.6. The minimum absolute atomic E-state index is 0. The van der Waals surface area contributed by atoms with Crippen LogP contribution < -0.4 is 15.8 Å². The second kappa shape index (κ2) is 9.46. The number of hydrogen-bond donors (Lipinski definition) is 3. The van der Waals surface area contributed by atoms with Gasteiger partial charge < -0.3 is 11.1 Å². The van der Waals surface area contributed by atoms with Crippen LogP contribution in [0, 0.1) is 12.8 Å². The van der Waals surface area contributed by atoms with E-state index in [0.717, 1.165) is 11.3 Å². The lowest BCUT2D eigenvalue weighted by molar-refractivity contribution is -0.123. The van der Waals surface area contributed by atoms with Crippen molar-refractivity contribution < 1.29 is 13.2 Å². The summed E-state index contributed by atoms with van der Waals surface area (Å²) >= 11 is 1.21. The van der Waals surface area contributed by atoms with Crippen LogP contribution >= 0.6 is 23.7 Å². The third-order valence-corrected chi connectivity index (χ3v) is 6.21. The number of rotatable bonds is 8. The molecule has 2 unspecified atom stereocenters. The number of thiophene rings is 1. The zero-order valence-corrected chi connectivity index (χ0v) is 15.4. The number of halogens is 1. The third-order valence-electron chi connectivity index (χ3n) is 3.26. The Kier molecular flexibility index (Phi) is 9.18. The quantitative estimate of drug-likeness (QED) is 0.600. The lowest BCUT2D eigenvalue weighted by Crippen LogP contribution is -2.46. The van der Waals surface area contributed by atoms with Crippen LogP contribution in [-0.2, 0) is 14.8 Å². The zero-order chi connectivity index (χ0) is 16.0. The van der Waals surface area contributed by atoms with E-state index in [9.17, 15) is 13.2 Å². The van der Waals surface area contributed by atoms with Gasteiger partial charge in [-0.3, -0.25) is 4.79 Å². The maximum atomic E-state index is 11.9. The van der Waals surface area contributed by atoms with Crippen molar-refractivity contribution in [3.05, 3.63) is 17.0 Å². The van der Waals surface area contributed by atoms with Crippen molar-refractivity contribution >= 4 is 39.7 Å². The first kappa shape index (κ1) is 21.3. The van der Waals surface area contributed by atoms with Gasteiger partial charge >= 0.3 is 0 Å². The smallest absolute Gasteiger partial charge is 0.250 e. The molecule has 128 valence electrons. The monoisotopic (exact) mass is 369 g/mol. The molecule has 1 amide bonds. The summed E-state index contributed by atoms with van der Waals surface area (Å²) in [7, 11) is -3.49. The number of amides is 1. The largest absolute Gasteiger partial charge is 0.353 e. The van der Waals surface area contributed by atoms with E-state index in [4.69, 9.17) is 5.73 Å². The molecule has 6 nitrogen and oxygen atoms in total. The number of nitrogens with two attached hydrogens (primary N) is 1. The Morgan fingerprint density at radius 1 is 1.36 bits per heavy atom. The molecule has 0 aliphatic heterocycles. The van der Waals surface area contributed by atoms with Crippen molar-refractivity contribution in [2.75, 3.05) is 13.1 Å². The van der Waals surface area contributed by atoms with E-state index in [2.05, 4.69) is 10.0 Å². The van der Waals surface area contributed by atoms with E-state index in [-0.39, 0.29) is 41.5 Å². The van der Waals surface area contributed by atoms with Crippen molar-refractivity contribution in [2.24, 2.45) is 11.7 Å². The maximum absolute atomic E-state index is 11.9. The second-order valence-corrected chi connectivity index (χ2v) is 8.25. The predicted octanol–water partition coefficient (Wildman–Crippen LogP) is 1.25. The van der Waals surface area contributed by atoms with E-state index >= 15 is 0 Å². The molecular formula is C13H24ClN3O3S2. The standard InChI is InChI=1S/C13H23N3O3S2.ClH/c1-4-9(2)12(14)13(17)15-7-8-16-21(18,19)11-6-5-10(3)20-11;/h5-6,9,12,16H,4,7-8,14H2,1-3H3,(H,15,17);1H. The predicted molar refractivity (Wildman–Crippen MR) is 91.9 cm³/mol. The van der Waals surface area contributed by atoms with Gasteiger partial charge in [0.15, 0.2) is 0 Å². The highest BCUT2D eigenvalue weighted by Gasteiger charge is 2.19. The molecule has 0 aliphatic rings. The molecule has 22 heavy (non-hydrogen) atoms. The van der Waals surface area contributed by atoms with Crippen molar-refractivity contribution in [1.82, 2.24) is 10.0 Å². The fraction of sp³-hybridized carbons (Fsp3) is 0.615. The number of carbonyl (C=O) groups is 1. The summed E-state index contributed by atoms with van der Waals surface area (Å²) in [6, 6.07) is 2.76. The summed E-state index contributed by atoms with van der Waals surface area (Å²) in [6.45, 7) is 6.08. The van der Waals surface area contributed by atoms with Gasteiger partial charge in [0.25, 0.3) is 0 Å². The molecule has 4 N–H and O–H groups in total. The Morgan fingerprint density at radius 3 is 2.50 bits per heavy atom. The Balaban J connectivity index is 0.00000441. The lowest BCUT2D eigenvalue weighted by Gasteiger charge is -2.17. The van der Waals surface area contributed by atoms with Gasteiger partial charge in [0.2, 0.25) is 15.9 Å². The molecular weight excluding hydrogens is 346 g/mol. The van der Waals surface area contributed by atoms with Gasteiger partial charge in [-0.15, -0.1) is 23.7 Å². The minimum atomic E-state index is -3.49. The van der Waals surface area contributed by atoms with E-state index in [1.165, 1.54) is 11.3 Å². The van der Waals surface area contributed by atoms with Crippen molar-refractivity contribution in [3.63, 3.8) is 0 Å². The topological polar surface area (TPSA) is 101 Å². The summed E-state index contributed by atoms with van der Waals surface area (Å²) in [6.07, 6.45) is 0.818. The van der Waals surface area contributed by atoms with Crippen molar-refractivity contribution in [1.29, 1.82) is 0 Å². The van der Waals surface area contributed by atoms with Crippen LogP contribution in [0.4, 0.5) is 0 Å². The van der Waals surface area contributed by atoms with Gasteiger partial charge in [0.05, 0.1) is 6.04 Å². The Hall–Kier alpha value is -0.670. The van der Waals surface area contributed by atoms with Gasteiger partial charge in [-0.1, -0.05) is 20.3 Å². The molecule has 1 aromatic rings. The highest BCUT2D eigenvalue weighted by Crippen LogP contribution is 2.19.